The Bertz CT molecular complexity index is 908. The van der Waals surface area contributed by atoms with Gasteiger partial charge in [-0.3, -0.25) is 9.10 Å². The fourth-order valence-electron chi connectivity index (χ4n) is 3.65. The molecule has 2 atom stereocenters. The number of anilines is 1. The van der Waals surface area contributed by atoms with Crippen LogP contribution in [0.25, 0.3) is 0 Å². The maximum absolute atomic E-state index is 13.1. The molecule has 0 amide bonds. The Morgan fingerprint density at radius 1 is 1.14 bits per heavy atom. The summed E-state index contributed by atoms with van der Waals surface area (Å²) in [6.07, 6.45) is 3.18. The number of benzene rings is 2. The van der Waals surface area contributed by atoms with E-state index < -0.39 is 23.0 Å². The van der Waals surface area contributed by atoms with Gasteiger partial charge in [-0.15, -0.1) is 0 Å². The number of fused-ring (bicyclic) bond motifs is 2. The molecular weight excluding hydrogens is 412 g/mol. The van der Waals surface area contributed by atoms with E-state index >= 15 is 0 Å². The molecule has 0 fully saturated rings. The molecule has 3 rings (SSSR count). The van der Waals surface area contributed by atoms with Crippen LogP contribution >= 0.6 is 11.6 Å². The van der Waals surface area contributed by atoms with E-state index in [1.54, 1.807) is 23.5 Å². The van der Waals surface area contributed by atoms with Crippen LogP contribution in [0.5, 0.6) is 0 Å². The number of rotatable bonds is 8. The Morgan fingerprint density at radius 2 is 1.86 bits per heavy atom. The van der Waals surface area contributed by atoms with E-state index in [1.807, 2.05) is 30.3 Å². The Labute approximate surface area is 178 Å². The minimum Gasteiger partial charge on any atom is -0.481 e. The van der Waals surface area contributed by atoms with Gasteiger partial charge in [0.25, 0.3) is 0 Å². The van der Waals surface area contributed by atoms with Gasteiger partial charge in [-0.2, -0.15) is 5.06 Å². The Balaban J connectivity index is 1.85. The first kappa shape index (κ1) is 21.8. The van der Waals surface area contributed by atoms with Crippen LogP contribution in [-0.4, -0.2) is 39.1 Å². The van der Waals surface area contributed by atoms with Crippen molar-refractivity contribution in [2.75, 3.05) is 17.9 Å². The molecule has 0 saturated heterocycles. The molecule has 0 spiro atoms. The molecule has 0 bridgehead atoms. The minimum atomic E-state index is -1.45. The fraction of sp³-hybridized carbons (Fsp3) is 0.381. The quantitative estimate of drug-likeness (QED) is 0.465. The summed E-state index contributed by atoms with van der Waals surface area (Å²) < 4.78 is 14.8. The largest absolute Gasteiger partial charge is 0.481 e. The SMILES string of the molecule is CN1c2ccccc2[C@@H](N(O)CCCCCCC(=O)O)c2ccc(Cl)cc2S1=O. The van der Waals surface area contributed by atoms with Gasteiger partial charge in [0, 0.05) is 30.6 Å². The Morgan fingerprint density at radius 3 is 2.62 bits per heavy atom. The third kappa shape index (κ3) is 4.98. The molecular formula is C21H25ClN2O4S. The molecule has 2 aromatic carbocycles. The number of unbranched alkanes of at least 4 members (excludes halogenated alkanes) is 3. The highest BCUT2D eigenvalue weighted by Crippen LogP contribution is 2.41. The lowest BCUT2D eigenvalue weighted by molar-refractivity contribution is -0.137. The van der Waals surface area contributed by atoms with Crippen LogP contribution in [0.1, 0.15) is 49.3 Å². The molecule has 0 saturated carbocycles. The number of halogens is 1. The second kappa shape index (κ2) is 9.71. The van der Waals surface area contributed by atoms with Crippen molar-refractivity contribution >= 4 is 34.2 Å². The lowest BCUT2D eigenvalue weighted by Gasteiger charge is -2.28. The van der Waals surface area contributed by atoms with Crippen molar-refractivity contribution in [2.45, 2.75) is 43.0 Å². The van der Waals surface area contributed by atoms with Gasteiger partial charge < -0.3 is 10.3 Å². The van der Waals surface area contributed by atoms with E-state index in [1.165, 1.54) is 5.06 Å². The molecule has 0 aliphatic carbocycles. The monoisotopic (exact) mass is 436 g/mol. The van der Waals surface area contributed by atoms with E-state index in [4.69, 9.17) is 16.7 Å². The zero-order valence-corrected chi connectivity index (χ0v) is 17.8. The minimum absolute atomic E-state index is 0.172. The highest BCUT2D eigenvalue weighted by atomic mass is 35.5. The summed E-state index contributed by atoms with van der Waals surface area (Å²) in [5.74, 6) is -0.781. The maximum Gasteiger partial charge on any atom is 0.303 e. The number of carbonyl (C=O) groups is 1. The third-order valence-electron chi connectivity index (χ3n) is 5.10. The normalized spacial score (nSPS) is 18.3. The van der Waals surface area contributed by atoms with Gasteiger partial charge in [-0.25, -0.2) is 4.21 Å². The molecule has 29 heavy (non-hydrogen) atoms. The van der Waals surface area contributed by atoms with Crippen LogP contribution in [0.15, 0.2) is 47.4 Å². The standard InChI is InChI=1S/C21H25ClN2O4S/c1-23-18-9-6-5-8-16(18)21(17-12-11-15(22)14-19(17)29(23)28)24(27)13-7-3-2-4-10-20(25)26/h5-6,8-9,11-12,14,21,27H,2-4,7,10,13H2,1H3,(H,25,26)/t21-,29?/m1/s1. The van der Waals surface area contributed by atoms with Crippen molar-refractivity contribution in [3.8, 4) is 0 Å². The first-order valence-corrected chi connectivity index (χ1v) is 11.1. The summed E-state index contributed by atoms with van der Waals surface area (Å²) in [7, 11) is 0.325. The van der Waals surface area contributed by atoms with E-state index in [-0.39, 0.29) is 6.42 Å². The van der Waals surface area contributed by atoms with Crippen molar-refractivity contribution in [1.82, 2.24) is 5.06 Å². The molecule has 156 valence electrons. The first-order chi connectivity index (χ1) is 13.9. The smallest absolute Gasteiger partial charge is 0.303 e. The van der Waals surface area contributed by atoms with Crippen molar-refractivity contribution in [2.24, 2.45) is 0 Å². The van der Waals surface area contributed by atoms with E-state index in [2.05, 4.69) is 0 Å². The summed E-state index contributed by atoms with van der Waals surface area (Å²) in [5.41, 5.74) is 2.43. The third-order valence-corrected chi connectivity index (χ3v) is 6.76. The maximum atomic E-state index is 13.1. The number of aliphatic carboxylic acids is 1. The molecule has 2 N–H and O–H groups in total. The van der Waals surface area contributed by atoms with Crippen molar-refractivity contribution in [3.05, 3.63) is 58.6 Å². The Kier molecular flexibility index (Phi) is 7.29. The summed E-state index contributed by atoms with van der Waals surface area (Å²) in [5, 5.41) is 21.5. The molecule has 1 unspecified atom stereocenters. The highest BCUT2D eigenvalue weighted by molar-refractivity contribution is 7.86. The van der Waals surface area contributed by atoms with Gasteiger partial charge >= 0.3 is 5.97 Å². The number of carboxylic acid groups (broad SMARTS) is 1. The molecule has 0 aromatic heterocycles. The topological polar surface area (TPSA) is 81.1 Å². The Hall–Kier alpha value is -1.93. The summed E-state index contributed by atoms with van der Waals surface area (Å²) >= 11 is 6.17. The van der Waals surface area contributed by atoms with Crippen molar-refractivity contribution in [1.29, 1.82) is 0 Å². The number of nitrogens with zero attached hydrogens (tertiary/aromatic N) is 2. The lowest BCUT2D eigenvalue weighted by Crippen LogP contribution is -2.28. The number of para-hydroxylation sites is 1. The van der Waals surface area contributed by atoms with Crippen molar-refractivity contribution < 1.29 is 19.3 Å². The molecule has 6 nitrogen and oxygen atoms in total. The van der Waals surface area contributed by atoms with Gasteiger partial charge in [0.05, 0.1) is 16.6 Å². The predicted octanol–water partition coefficient (Wildman–Crippen LogP) is 4.63. The number of hydrogen-bond donors (Lipinski definition) is 2. The molecule has 8 heteroatoms. The number of hydrogen-bond acceptors (Lipinski definition) is 4. The zero-order valence-electron chi connectivity index (χ0n) is 16.3. The number of hydroxylamine groups is 2. The average molecular weight is 437 g/mol. The average Bonchev–Trinajstić information content (AvgIpc) is 2.78. The van der Waals surface area contributed by atoms with Gasteiger partial charge in [0.1, 0.15) is 0 Å². The molecule has 1 aliphatic heterocycles. The van der Waals surface area contributed by atoms with Gasteiger partial charge in [0.2, 0.25) is 0 Å². The van der Waals surface area contributed by atoms with Gasteiger partial charge in [0.15, 0.2) is 11.0 Å². The van der Waals surface area contributed by atoms with E-state index in [0.717, 1.165) is 36.1 Å². The van der Waals surface area contributed by atoms with Crippen molar-refractivity contribution in [3.63, 3.8) is 0 Å². The highest BCUT2D eigenvalue weighted by Gasteiger charge is 2.33. The summed E-state index contributed by atoms with van der Waals surface area (Å²) in [6.45, 7) is 0.421. The summed E-state index contributed by atoms with van der Waals surface area (Å²) in [4.78, 5) is 11.2. The molecule has 0 radical (unpaired) electrons. The van der Waals surface area contributed by atoms with Crippen LogP contribution < -0.4 is 4.31 Å². The zero-order chi connectivity index (χ0) is 21.0. The van der Waals surface area contributed by atoms with E-state index in [0.29, 0.717) is 22.9 Å². The predicted molar refractivity (Wildman–Crippen MR) is 114 cm³/mol. The van der Waals surface area contributed by atoms with Crippen LogP contribution in [0.4, 0.5) is 5.69 Å². The van der Waals surface area contributed by atoms with Gasteiger partial charge in [-0.05, 0) is 36.6 Å². The van der Waals surface area contributed by atoms with Gasteiger partial charge in [-0.1, -0.05) is 48.7 Å². The molecule has 2 aromatic rings. The second-order valence-electron chi connectivity index (χ2n) is 7.11. The first-order valence-electron chi connectivity index (χ1n) is 9.61. The van der Waals surface area contributed by atoms with Crippen LogP contribution in [0, 0.1) is 0 Å². The second-order valence-corrected chi connectivity index (χ2v) is 9.03. The van der Waals surface area contributed by atoms with E-state index in [9.17, 15) is 14.2 Å². The van der Waals surface area contributed by atoms with Crippen LogP contribution in [-0.2, 0) is 15.8 Å². The fourth-order valence-corrected chi connectivity index (χ4v) is 5.13. The summed E-state index contributed by atoms with van der Waals surface area (Å²) in [6, 6.07) is 12.4. The lowest BCUT2D eigenvalue weighted by atomic mass is 9.96. The molecule has 1 heterocycles. The number of carboxylic acids is 1. The van der Waals surface area contributed by atoms with Crippen LogP contribution in [0.3, 0.4) is 0 Å². The molecule has 1 aliphatic rings. The van der Waals surface area contributed by atoms with Crippen LogP contribution in [0.2, 0.25) is 5.02 Å².